The van der Waals surface area contributed by atoms with Gasteiger partial charge in [-0.15, -0.1) is 0 Å². The van der Waals surface area contributed by atoms with Crippen LogP contribution < -0.4 is 0 Å². The van der Waals surface area contributed by atoms with Crippen molar-refractivity contribution in [2.75, 3.05) is 0 Å². The Kier molecular flexibility index (Phi) is 2.85. The van der Waals surface area contributed by atoms with Crippen molar-refractivity contribution >= 4 is 0 Å². The number of aryl methyl sites for hydroxylation is 2. The molecule has 15 heavy (non-hydrogen) atoms. The van der Waals surface area contributed by atoms with Crippen LogP contribution in [0, 0.1) is 25.7 Å². The molecule has 1 heterocycles. The van der Waals surface area contributed by atoms with E-state index < -0.39 is 0 Å². The lowest BCUT2D eigenvalue weighted by atomic mass is 9.79. The Labute approximate surface area is 92.7 Å². The Morgan fingerprint density at radius 2 is 1.93 bits per heavy atom. The number of hydrogen-bond donors (Lipinski definition) is 0. The van der Waals surface area contributed by atoms with Crippen LogP contribution in [-0.4, -0.2) is 9.78 Å². The third-order valence-corrected chi connectivity index (χ3v) is 3.96. The van der Waals surface area contributed by atoms with Gasteiger partial charge < -0.3 is 0 Å². The maximum absolute atomic E-state index is 4.61. The van der Waals surface area contributed by atoms with Gasteiger partial charge in [-0.25, -0.2) is 0 Å². The fraction of sp³-hybridized carbons (Fsp3) is 0.769. The van der Waals surface area contributed by atoms with Gasteiger partial charge in [0.15, 0.2) is 0 Å². The topological polar surface area (TPSA) is 17.8 Å². The van der Waals surface area contributed by atoms with Crippen LogP contribution in [0.1, 0.15) is 50.5 Å². The van der Waals surface area contributed by atoms with Crippen molar-refractivity contribution in [1.29, 1.82) is 0 Å². The summed E-state index contributed by atoms with van der Waals surface area (Å²) in [4.78, 5) is 0. The molecule has 84 valence electrons. The zero-order valence-corrected chi connectivity index (χ0v) is 10.3. The van der Waals surface area contributed by atoms with Crippen molar-refractivity contribution in [1.82, 2.24) is 9.78 Å². The molecule has 1 fully saturated rings. The molecule has 1 saturated carbocycles. The fourth-order valence-electron chi connectivity index (χ4n) is 2.76. The minimum atomic E-state index is 0.643. The van der Waals surface area contributed by atoms with Crippen molar-refractivity contribution in [3.05, 3.63) is 17.5 Å². The largest absolute Gasteiger partial charge is 0.267 e. The highest BCUT2D eigenvalue weighted by Gasteiger charge is 2.26. The average molecular weight is 206 g/mol. The van der Waals surface area contributed by atoms with E-state index >= 15 is 0 Å². The molecule has 0 saturated heterocycles. The second-order valence-electron chi connectivity index (χ2n) is 5.29. The van der Waals surface area contributed by atoms with Gasteiger partial charge in [0, 0.05) is 5.69 Å². The van der Waals surface area contributed by atoms with E-state index in [1.165, 1.54) is 25.0 Å². The molecule has 2 heteroatoms. The second kappa shape index (κ2) is 3.99. The molecule has 3 unspecified atom stereocenters. The summed E-state index contributed by atoms with van der Waals surface area (Å²) in [7, 11) is 0. The maximum Gasteiger partial charge on any atom is 0.0596 e. The van der Waals surface area contributed by atoms with E-state index in [1.54, 1.807) is 0 Å². The third-order valence-electron chi connectivity index (χ3n) is 3.96. The first kappa shape index (κ1) is 10.7. The van der Waals surface area contributed by atoms with Crippen molar-refractivity contribution < 1.29 is 0 Å². The van der Waals surface area contributed by atoms with Gasteiger partial charge >= 0.3 is 0 Å². The summed E-state index contributed by atoms with van der Waals surface area (Å²) < 4.78 is 2.25. The first-order chi connectivity index (χ1) is 7.08. The van der Waals surface area contributed by atoms with Gasteiger partial charge in [0.1, 0.15) is 0 Å². The van der Waals surface area contributed by atoms with Crippen LogP contribution >= 0.6 is 0 Å². The number of nitrogens with zero attached hydrogens (tertiary/aromatic N) is 2. The van der Waals surface area contributed by atoms with Crippen molar-refractivity contribution in [3.8, 4) is 0 Å². The lowest BCUT2D eigenvalue weighted by molar-refractivity contribution is 0.199. The molecular weight excluding hydrogens is 184 g/mol. The molecule has 1 aliphatic carbocycles. The molecule has 2 rings (SSSR count). The Hall–Kier alpha value is -0.790. The molecular formula is C13H22N2. The minimum Gasteiger partial charge on any atom is -0.267 e. The van der Waals surface area contributed by atoms with Crippen molar-refractivity contribution in [2.45, 2.75) is 53.0 Å². The van der Waals surface area contributed by atoms with E-state index in [4.69, 9.17) is 0 Å². The number of rotatable bonds is 1. The van der Waals surface area contributed by atoms with E-state index in [0.29, 0.717) is 6.04 Å². The first-order valence-corrected chi connectivity index (χ1v) is 6.10. The standard InChI is InChI=1S/C13H22N2/c1-9-5-6-13(7-10(9)2)15-12(4)8-11(3)14-15/h8-10,13H,5-7H2,1-4H3. The molecule has 0 radical (unpaired) electrons. The summed E-state index contributed by atoms with van der Waals surface area (Å²) in [6.07, 6.45) is 3.95. The fourth-order valence-corrected chi connectivity index (χ4v) is 2.76. The molecule has 0 aromatic carbocycles. The van der Waals surface area contributed by atoms with Crippen LogP contribution in [0.15, 0.2) is 6.07 Å². The zero-order valence-electron chi connectivity index (χ0n) is 10.3. The van der Waals surface area contributed by atoms with Crippen LogP contribution in [0.2, 0.25) is 0 Å². The molecule has 0 N–H and O–H groups in total. The molecule has 0 aliphatic heterocycles. The maximum atomic E-state index is 4.61. The van der Waals surface area contributed by atoms with Gasteiger partial charge in [-0.3, -0.25) is 4.68 Å². The third kappa shape index (κ3) is 2.09. The summed E-state index contributed by atoms with van der Waals surface area (Å²) in [5.41, 5.74) is 2.47. The summed E-state index contributed by atoms with van der Waals surface area (Å²) in [5.74, 6) is 1.73. The number of hydrogen-bond acceptors (Lipinski definition) is 1. The first-order valence-electron chi connectivity index (χ1n) is 6.10. The van der Waals surface area contributed by atoms with E-state index in [-0.39, 0.29) is 0 Å². The lowest BCUT2D eigenvalue weighted by Crippen LogP contribution is -2.24. The Bertz CT molecular complexity index is 340. The van der Waals surface area contributed by atoms with Crippen molar-refractivity contribution in [3.63, 3.8) is 0 Å². The Morgan fingerprint density at radius 3 is 2.47 bits per heavy atom. The highest BCUT2D eigenvalue weighted by molar-refractivity contribution is 5.08. The van der Waals surface area contributed by atoms with Crippen LogP contribution in [0.5, 0.6) is 0 Å². The monoisotopic (exact) mass is 206 g/mol. The summed E-state index contributed by atoms with van der Waals surface area (Å²) >= 11 is 0. The van der Waals surface area contributed by atoms with E-state index in [2.05, 4.69) is 43.5 Å². The summed E-state index contributed by atoms with van der Waals surface area (Å²) in [6.45, 7) is 9.01. The molecule has 1 aromatic heterocycles. The van der Waals surface area contributed by atoms with Gasteiger partial charge in [0.05, 0.1) is 11.7 Å². The van der Waals surface area contributed by atoms with E-state index in [9.17, 15) is 0 Å². The SMILES string of the molecule is Cc1cc(C)n(C2CCC(C)C(C)C2)n1. The van der Waals surface area contributed by atoms with E-state index in [1.807, 2.05) is 0 Å². The van der Waals surface area contributed by atoms with E-state index in [0.717, 1.165) is 17.5 Å². The quantitative estimate of drug-likeness (QED) is 0.687. The highest BCUT2D eigenvalue weighted by Crippen LogP contribution is 2.36. The highest BCUT2D eigenvalue weighted by atomic mass is 15.3. The average Bonchev–Trinajstić information content (AvgIpc) is 2.50. The van der Waals surface area contributed by atoms with Gasteiger partial charge in [-0.2, -0.15) is 5.10 Å². The molecule has 0 amide bonds. The predicted molar refractivity (Wildman–Crippen MR) is 62.9 cm³/mol. The molecule has 0 bridgehead atoms. The van der Waals surface area contributed by atoms with Crippen LogP contribution in [0.25, 0.3) is 0 Å². The van der Waals surface area contributed by atoms with Crippen LogP contribution in [-0.2, 0) is 0 Å². The summed E-state index contributed by atoms with van der Waals surface area (Å²) in [5, 5.41) is 4.61. The molecule has 2 nitrogen and oxygen atoms in total. The smallest absolute Gasteiger partial charge is 0.0596 e. The Morgan fingerprint density at radius 1 is 1.20 bits per heavy atom. The van der Waals surface area contributed by atoms with Gasteiger partial charge in [0.2, 0.25) is 0 Å². The Balaban J connectivity index is 2.15. The second-order valence-corrected chi connectivity index (χ2v) is 5.29. The van der Waals surface area contributed by atoms with Gasteiger partial charge in [0.25, 0.3) is 0 Å². The molecule has 1 aromatic rings. The van der Waals surface area contributed by atoms with Gasteiger partial charge in [-0.05, 0) is 51.0 Å². The zero-order chi connectivity index (χ0) is 11.0. The van der Waals surface area contributed by atoms with Crippen LogP contribution in [0.3, 0.4) is 0 Å². The predicted octanol–water partition coefficient (Wildman–Crippen LogP) is 3.50. The normalized spacial score (nSPS) is 31.9. The van der Waals surface area contributed by atoms with Gasteiger partial charge in [-0.1, -0.05) is 13.8 Å². The minimum absolute atomic E-state index is 0.643. The number of aromatic nitrogens is 2. The molecule has 1 aliphatic rings. The summed E-state index contributed by atoms with van der Waals surface area (Å²) in [6, 6.07) is 2.83. The van der Waals surface area contributed by atoms with Crippen molar-refractivity contribution in [2.24, 2.45) is 11.8 Å². The molecule has 3 atom stereocenters. The lowest BCUT2D eigenvalue weighted by Gasteiger charge is -2.32. The molecule has 0 spiro atoms. The van der Waals surface area contributed by atoms with Crippen LogP contribution in [0.4, 0.5) is 0 Å².